The van der Waals surface area contributed by atoms with Crippen LogP contribution in [0.4, 0.5) is 5.69 Å². The number of anilines is 1. The molecule has 0 spiro atoms. The topological polar surface area (TPSA) is 12.0 Å². The van der Waals surface area contributed by atoms with Crippen LogP contribution in [0, 0.1) is 6.92 Å². The van der Waals surface area contributed by atoms with Gasteiger partial charge in [-0.15, -0.1) is 11.3 Å². The molecule has 0 aliphatic carbocycles. The van der Waals surface area contributed by atoms with Gasteiger partial charge in [-0.05, 0) is 52.0 Å². The molecule has 0 bridgehead atoms. The molecule has 1 nitrogen and oxygen atoms in total. The quantitative estimate of drug-likeness (QED) is 0.878. The van der Waals surface area contributed by atoms with Gasteiger partial charge in [0, 0.05) is 21.6 Å². The van der Waals surface area contributed by atoms with E-state index in [2.05, 4.69) is 63.9 Å². The number of thiophene rings is 1. The highest BCUT2D eigenvalue weighted by molar-refractivity contribution is 9.10. The third-order valence-electron chi connectivity index (χ3n) is 2.16. The van der Waals surface area contributed by atoms with Crippen LogP contribution in [0.2, 0.25) is 0 Å². The van der Waals surface area contributed by atoms with Gasteiger partial charge >= 0.3 is 0 Å². The van der Waals surface area contributed by atoms with Crippen LogP contribution in [0.1, 0.15) is 10.4 Å². The zero-order valence-electron chi connectivity index (χ0n) is 8.46. The summed E-state index contributed by atoms with van der Waals surface area (Å²) in [5.74, 6) is 0. The minimum atomic E-state index is 0.888. The number of halogens is 1. The number of hydrogen-bond acceptors (Lipinski definition) is 2. The lowest BCUT2D eigenvalue weighted by Crippen LogP contribution is -1.98. The molecular weight excluding hydrogens is 270 g/mol. The van der Waals surface area contributed by atoms with Crippen molar-refractivity contribution in [3.63, 3.8) is 0 Å². The van der Waals surface area contributed by atoms with E-state index in [0.29, 0.717) is 0 Å². The Morgan fingerprint density at radius 1 is 1.33 bits per heavy atom. The summed E-state index contributed by atoms with van der Waals surface area (Å²) in [4.78, 5) is 1.35. The Hall–Kier alpha value is -0.800. The van der Waals surface area contributed by atoms with Crippen LogP contribution in [-0.2, 0) is 6.54 Å². The molecule has 78 valence electrons. The number of rotatable bonds is 3. The Kier molecular flexibility index (Phi) is 3.44. The molecule has 1 aromatic heterocycles. The first-order valence-electron chi connectivity index (χ1n) is 4.78. The van der Waals surface area contributed by atoms with Crippen molar-refractivity contribution < 1.29 is 0 Å². The fourth-order valence-electron chi connectivity index (χ4n) is 1.36. The van der Waals surface area contributed by atoms with Gasteiger partial charge in [-0.1, -0.05) is 12.1 Å². The molecule has 0 radical (unpaired) electrons. The predicted molar refractivity (Wildman–Crippen MR) is 70.5 cm³/mol. The molecule has 1 aromatic carbocycles. The van der Waals surface area contributed by atoms with E-state index in [-0.39, 0.29) is 0 Å². The lowest BCUT2D eigenvalue weighted by Gasteiger charge is -2.07. The Bertz CT molecular complexity index is 437. The van der Waals surface area contributed by atoms with E-state index in [1.165, 1.54) is 10.4 Å². The van der Waals surface area contributed by atoms with E-state index in [1.54, 1.807) is 11.3 Å². The molecule has 2 rings (SSSR count). The molecule has 0 saturated heterocycles. The Morgan fingerprint density at radius 3 is 2.87 bits per heavy atom. The highest BCUT2D eigenvalue weighted by Crippen LogP contribution is 2.24. The van der Waals surface area contributed by atoms with Crippen molar-refractivity contribution >= 4 is 33.0 Å². The maximum absolute atomic E-state index is 3.55. The Labute approximate surface area is 102 Å². The van der Waals surface area contributed by atoms with Crippen molar-refractivity contribution in [2.75, 3.05) is 5.32 Å². The van der Waals surface area contributed by atoms with Gasteiger partial charge in [0.2, 0.25) is 0 Å². The van der Waals surface area contributed by atoms with Gasteiger partial charge in [0.1, 0.15) is 0 Å². The first-order chi connectivity index (χ1) is 7.25. The molecule has 2 aromatic rings. The number of hydrogen-bond donors (Lipinski definition) is 1. The molecule has 15 heavy (non-hydrogen) atoms. The van der Waals surface area contributed by atoms with Crippen LogP contribution < -0.4 is 5.32 Å². The minimum Gasteiger partial charge on any atom is -0.379 e. The van der Waals surface area contributed by atoms with Crippen molar-refractivity contribution in [3.8, 4) is 0 Å². The van der Waals surface area contributed by atoms with E-state index in [9.17, 15) is 0 Å². The summed E-state index contributed by atoms with van der Waals surface area (Å²) in [6.07, 6.45) is 0. The van der Waals surface area contributed by atoms with E-state index < -0.39 is 0 Å². The number of aryl methyl sites for hydroxylation is 1. The molecule has 3 heteroatoms. The zero-order valence-corrected chi connectivity index (χ0v) is 10.9. The highest BCUT2D eigenvalue weighted by atomic mass is 79.9. The first-order valence-corrected chi connectivity index (χ1v) is 6.45. The summed E-state index contributed by atoms with van der Waals surface area (Å²) in [6, 6.07) is 10.6. The average Bonchev–Trinajstić information content (AvgIpc) is 2.69. The predicted octanol–water partition coefficient (Wildman–Crippen LogP) is 4.43. The molecule has 0 unspecified atom stereocenters. The van der Waals surface area contributed by atoms with Crippen LogP contribution in [0.25, 0.3) is 0 Å². The largest absolute Gasteiger partial charge is 0.379 e. The number of nitrogens with one attached hydrogen (secondary N) is 1. The zero-order chi connectivity index (χ0) is 10.7. The van der Waals surface area contributed by atoms with E-state index in [0.717, 1.165) is 16.7 Å². The van der Waals surface area contributed by atoms with Crippen molar-refractivity contribution in [2.45, 2.75) is 13.5 Å². The Morgan fingerprint density at radius 2 is 2.20 bits per heavy atom. The molecular formula is C12H12BrNS. The highest BCUT2D eigenvalue weighted by Gasteiger charge is 1.99. The third kappa shape index (κ3) is 2.83. The smallest absolute Gasteiger partial charge is 0.0494 e. The van der Waals surface area contributed by atoms with Gasteiger partial charge in [0.15, 0.2) is 0 Å². The van der Waals surface area contributed by atoms with E-state index in [4.69, 9.17) is 0 Å². The van der Waals surface area contributed by atoms with Gasteiger partial charge in [0.25, 0.3) is 0 Å². The van der Waals surface area contributed by atoms with Crippen molar-refractivity contribution in [2.24, 2.45) is 0 Å². The molecule has 0 saturated carbocycles. The van der Waals surface area contributed by atoms with Crippen LogP contribution in [0.15, 0.2) is 40.2 Å². The van der Waals surface area contributed by atoms with Gasteiger partial charge in [0.05, 0.1) is 0 Å². The molecule has 0 fully saturated rings. The summed E-state index contributed by atoms with van der Waals surface area (Å²) < 4.78 is 1.12. The lowest BCUT2D eigenvalue weighted by atomic mass is 10.2. The standard InChI is InChI=1S/C12H12BrNS/c1-9-4-5-12(11(13)7-9)14-8-10-3-2-6-15-10/h2-7,14H,8H2,1H3. The minimum absolute atomic E-state index is 0.888. The fraction of sp³-hybridized carbons (Fsp3) is 0.167. The number of benzene rings is 1. The second-order valence-corrected chi connectivity index (χ2v) is 5.30. The molecule has 0 aliphatic heterocycles. The van der Waals surface area contributed by atoms with Gasteiger partial charge in [-0.2, -0.15) is 0 Å². The summed E-state index contributed by atoms with van der Waals surface area (Å²) in [7, 11) is 0. The Balaban J connectivity index is 2.05. The fourth-order valence-corrected chi connectivity index (χ4v) is 2.64. The first kappa shape index (κ1) is 10.7. The van der Waals surface area contributed by atoms with E-state index >= 15 is 0 Å². The van der Waals surface area contributed by atoms with Gasteiger partial charge in [-0.3, -0.25) is 0 Å². The molecule has 0 aliphatic rings. The molecule has 0 amide bonds. The van der Waals surface area contributed by atoms with Gasteiger partial charge in [-0.25, -0.2) is 0 Å². The van der Waals surface area contributed by atoms with Crippen LogP contribution in [0.5, 0.6) is 0 Å². The normalized spacial score (nSPS) is 10.3. The summed E-state index contributed by atoms with van der Waals surface area (Å²) >= 11 is 5.33. The lowest BCUT2D eigenvalue weighted by molar-refractivity contribution is 1.19. The second-order valence-electron chi connectivity index (χ2n) is 3.42. The van der Waals surface area contributed by atoms with Crippen LogP contribution in [-0.4, -0.2) is 0 Å². The van der Waals surface area contributed by atoms with Crippen molar-refractivity contribution in [1.82, 2.24) is 0 Å². The summed E-state index contributed by atoms with van der Waals surface area (Å²) in [5.41, 5.74) is 2.41. The molecule has 0 atom stereocenters. The van der Waals surface area contributed by atoms with Crippen molar-refractivity contribution in [3.05, 3.63) is 50.6 Å². The van der Waals surface area contributed by atoms with E-state index in [1.807, 2.05) is 0 Å². The average molecular weight is 282 g/mol. The van der Waals surface area contributed by atoms with Crippen LogP contribution >= 0.6 is 27.3 Å². The maximum Gasteiger partial charge on any atom is 0.0494 e. The SMILES string of the molecule is Cc1ccc(NCc2cccs2)c(Br)c1. The second kappa shape index (κ2) is 4.81. The monoisotopic (exact) mass is 281 g/mol. The van der Waals surface area contributed by atoms with Gasteiger partial charge < -0.3 is 5.32 Å². The van der Waals surface area contributed by atoms with Crippen molar-refractivity contribution in [1.29, 1.82) is 0 Å². The molecule has 1 N–H and O–H groups in total. The summed E-state index contributed by atoms with van der Waals surface area (Å²) in [6.45, 7) is 2.98. The third-order valence-corrected chi connectivity index (χ3v) is 3.69. The summed E-state index contributed by atoms with van der Waals surface area (Å²) in [5, 5.41) is 5.50. The maximum atomic E-state index is 3.55. The van der Waals surface area contributed by atoms with Crippen LogP contribution in [0.3, 0.4) is 0 Å². The molecule has 1 heterocycles.